The van der Waals surface area contributed by atoms with Gasteiger partial charge in [0.25, 0.3) is 0 Å². The topological polar surface area (TPSA) is 29.5 Å². The van der Waals surface area contributed by atoms with Gasteiger partial charge in [0.15, 0.2) is 0 Å². The van der Waals surface area contributed by atoms with Gasteiger partial charge >= 0.3 is 0 Å². The highest BCUT2D eigenvalue weighted by Gasteiger charge is 2.22. The van der Waals surface area contributed by atoms with Crippen LogP contribution >= 0.6 is 0 Å². The largest absolute Gasteiger partial charge is 0.496 e. The molecule has 3 rings (SSSR count). The summed E-state index contributed by atoms with van der Waals surface area (Å²) in [5.41, 5.74) is 3.57. The standard InChI is InChI=1S/C20H25NO2S/c1-21(19-10-12-24(22)13-11-19)15-18-9-8-17(14-20(18)23-2)16-6-4-3-5-7-16/h3-9,14,19H,10-13,15H2,1-2H3. The van der Waals surface area contributed by atoms with Crippen molar-refractivity contribution in [2.24, 2.45) is 0 Å². The zero-order valence-corrected chi connectivity index (χ0v) is 15.2. The van der Waals surface area contributed by atoms with Crippen LogP contribution in [-0.4, -0.2) is 40.8 Å². The van der Waals surface area contributed by atoms with E-state index in [0.29, 0.717) is 6.04 Å². The quantitative estimate of drug-likeness (QED) is 0.829. The predicted molar refractivity (Wildman–Crippen MR) is 101 cm³/mol. The third-order valence-electron chi connectivity index (χ3n) is 4.79. The van der Waals surface area contributed by atoms with Crippen molar-refractivity contribution in [2.45, 2.75) is 25.4 Å². The van der Waals surface area contributed by atoms with Gasteiger partial charge in [-0.15, -0.1) is 0 Å². The van der Waals surface area contributed by atoms with Gasteiger partial charge in [-0.2, -0.15) is 0 Å². The molecule has 1 heterocycles. The number of hydrogen-bond acceptors (Lipinski definition) is 3. The maximum Gasteiger partial charge on any atom is 0.123 e. The molecule has 2 aromatic rings. The molecule has 1 aliphatic heterocycles. The second-order valence-corrected chi connectivity index (χ2v) is 8.08. The predicted octanol–water partition coefficient (Wildman–Crippen LogP) is 3.71. The van der Waals surface area contributed by atoms with E-state index in [9.17, 15) is 4.21 Å². The first-order chi connectivity index (χ1) is 11.7. The second-order valence-electron chi connectivity index (χ2n) is 6.39. The van der Waals surface area contributed by atoms with E-state index in [1.165, 1.54) is 16.7 Å². The van der Waals surface area contributed by atoms with E-state index in [0.717, 1.165) is 36.6 Å². The van der Waals surface area contributed by atoms with Crippen LogP contribution in [0.25, 0.3) is 11.1 Å². The lowest BCUT2D eigenvalue weighted by Crippen LogP contribution is -2.37. The lowest BCUT2D eigenvalue weighted by molar-refractivity contribution is 0.217. The van der Waals surface area contributed by atoms with E-state index in [2.05, 4.69) is 54.4 Å². The summed E-state index contributed by atoms with van der Waals surface area (Å²) in [6.45, 7) is 0.857. The van der Waals surface area contributed by atoms with Gasteiger partial charge in [0.05, 0.1) is 7.11 Å². The van der Waals surface area contributed by atoms with Crippen LogP contribution in [0.5, 0.6) is 5.75 Å². The van der Waals surface area contributed by atoms with Gasteiger partial charge in [-0.05, 0) is 37.1 Å². The fourth-order valence-corrected chi connectivity index (χ4v) is 4.58. The normalized spacial score (nSPS) is 21.0. The van der Waals surface area contributed by atoms with Crippen LogP contribution in [0.3, 0.4) is 0 Å². The summed E-state index contributed by atoms with van der Waals surface area (Å²) >= 11 is 0. The van der Waals surface area contributed by atoms with Crippen molar-refractivity contribution >= 4 is 10.8 Å². The molecule has 0 atom stereocenters. The molecular weight excluding hydrogens is 318 g/mol. The van der Waals surface area contributed by atoms with E-state index < -0.39 is 10.8 Å². The van der Waals surface area contributed by atoms with Crippen molar-refractivity contribution in [1.82, 2.24) is 4.90 Å². The van der Waals surface area contributed by atoms with E-state index in [1.807, 2.05) is 6.07 Å². The fourth-order valence-electron chi connectivity index (χ4n) is 3.31. The smallest absolute Gasteiger partial charge is 0.123 e. The minimum absolute atomic E-state index is 0.515. The molecule has 0 aromatic heterocycles. The van der Waals surface area contributed by atoms with Crippen LogP contribution in [0.2, 0.25) is 0 Å². The first-order valence-corrected chi connectivity index (χ1v) is 9.93. The van der Waals surface area contributed by atoms with Gasteiger partial charge in [-0.1, -0.05) is 42.5 Å². The Bertz CT molecular complexity index is 692. The van der Waals surface area contributed by atoms with Gasteiger partial charge < -0.3 is 4.74 Å². The van der Waals surface area contributed by atoms with Crippen LogP contribution in [-0.2, 0) is 17.3 Å². The number of nitrogens with zero attached hydrogens (tertiary/aromatic N) is 1. The summed E-state index contributed by atoms with van der Waals surface area (Å²) in [4.78, 5) is 2.37. The lowest BCUT2D eigenvalue weighted by atomic mass is 10.0. The average molecular weight is 343 g/mol. The molecule has 0 bridgehead atoms. The third-order valence-corrected chi connectivity index (χ3v) is 6.18. The van der Waals surface area contributed by atoms with Crippen molar-refractivity contribution in [1.29, 1.82) is 0 Å². The molecule has 0 N–H and O–H groups in total. The molecule has 0 radical (unpaired) electrons. The Morgan fingerprint density at radius 3 is 2.46 bits per heavy atom. The number of rotatable bonds is 5. The zero-order chi connectivity index (χ0) is 16.9. The van der Waals surface area contributed by atoms with Crippen LogP contribution in [0.4, 0.5) is 0 Å². The highest BCUT2D eigenvalue weighted by Crippen LogP contribution is 2.29. The SMILES string of the molecule is COc1cc(-c2ccccc2)ccc1CN(C)C1CCS(=O)CC1. The van der Waals surface area contributed by atoms with E-state index in [1.54, 1.807) is 7.11 Å². The summed E-state index contributed by atoms with van der Waals surface area (Å²) in [6.07, 6.45) is 2.04. The first kappa shape index (κ1) is 17.2. The van der Waals surface area contributed by atoms with Crippen LogP contribution < -0.4 is 4.74 Å². The lowest BCUT2D eigenvalue weighted by Gasteiger charge is -2.31. The monoisotopic (exact) mass is 343 g/mol. The number of hydrogen-bond donors (Lipinski definition) is 0. The fraction of sp³-hybridized carbons (Fsp3) is 0.400. The zero-order valence-electron chi connectivity index (χ0n) is 14.4. The first-order valence-electron chi connectivity index (χ1n) is 8.45. The van der Waals surface area contributed by atoms with Crippen LogP contribution in [0.15, 0.2) is 48.5 Å². The Labute approximate surface area is 147 Å². The molecule has 0 aliphatic carbocycles. The molecule has 0 unspecified atom stereocenters. The Hall–Kier alpha value is -1.65. The van der Waals surface area contributed by atoms with Crippen molar-refractivity contribution in [2.75, 3.05) is 25.7 Å². The maximum absolute atomic E-state index is 11.5. The molecule has 0 amide bonds. The van der Waals surface area contributed by atoms with Crippen molar-refractivity contribution in [3.05, 3.63) is 54.1 Å². The summed E-state index contributed by atoms with van der Waals surface area (Å²) in [7, 11) is 3.28. The minimum Gasteiger partial charge on any atom is -0.496 e. The van der Waals surface area contributed by atoms with Crippen molar-refractivity contribution in [3.8, 4) is 16.9 Å². The van der Waals surface area contributed by atoms with Crippen LogP contribution in [0.1, 0.15) is 18.4 Å². The molecule has 1 saturated heterocycles. The molecule has 1 aliphatic rings. The molecule has 24 heavy (non-hydrogen) atoms. The molecule has 2 aromatic carbocycles. The Morgan fingerprint density at radius 1 is 1.08 bits per heavy atom. The van der Waals surface area contributed by atoms with E-state index in [-0.39, 0.29) is 0 Å². The molecule has 0 spiro atoms. The third kappa shape index (κ3) is 4.05. The Morgan fingerprint density at radius 2 is 1.79 bits per heavy atom. The van der Waals surface area contributed by atoms with Gasteiger partial charge in [-0.25, -0.2) is 0 Å². The van der Waals surface area contributed by atoms with Crippen molar-refractivity contribution in [3.63, 3.8) is 0 Å². The molecule has 0 saturated carbocycles. The van der Waals surface area contributed by atoms with E-state index in [4.69, 9.17) is 4.74 Å². The highest BCUT2D eigenvalue weighted by molar-refractivity contribution is 7.85. The molecule has 4 heteroatoms. The highest BCUT2D eigenvalue weighted by atomic mass is 32.2. The minimum atomic E-state index is -0.606. The summed E-state index contributed by atoms with van der Waals surface area (Å²) < 4.78 is 17.2. The molecule has 128 valence electrons. The Balaban J connectivity index is 1.75. The Kier molecular flexibility index (Phi) is 5.69. The summed E-state index contributed by atoms with van der Waals surface area (Å²) in [6, 6.07) is 17.3. The van der Waals surface area contributed by atoms with Gasteiger partial charge in [-0.3, -0.25) is 9.11 Å². The van der Waals surface area contributed by atoms with Crippen molar-refractivity contribution < 1.29 is 8.95 Å². The second kappa shape index (κ2) is 7.95. The van der Waals surface area contributed by atoms with E-state index >= 15 is 0 Å². The summed E-state index contributed by atoms with van der Waals surface area (Å²) in [5.74, 6) is 2.60. The van der Waals surface area contributed by atoms with Crippen LogP contribution in [0, 0.1) is 0 Å². The number of ether oxygens (including phenoxy) is 1. The molecule has 1 fully saturated rings. The number of benzene rings is 2. The van der Waals surface area contributed by atoms with Gasteiger partial charge in [0.2, 0.25) is 0 Å². The molecule has 3 nitrogen and oxygen atoms in total. The molecular formula is C20H25NO2S. The van der Waals surface area contributed by atoms with Gasteiger partial charge in [0.1, 0.15) is 5.75 Å². The maximum atomic E-state index is 11.5. The number of methoxy groups -OCH3 is 1. The average Bonchev–Trinajstić information content (AvgIpc) is 2.63. The summed E-state index contributed by atoms with van der Waals surface area (Å²) in [5, 5.41) is 0. The van der Waals surface area contributed by atoms with Gasteiger partial charge in [0, 0.05) is 40.5 Å².